The molecule has 2 fully saturated rings. The van der Waals surface area contributed by atoms with Gasteiger partial charge in [0, 0.05) is 45.6 Å². The van der Waals surface area contributed by atoms with Gasteiger partial charge in [0.1, 0.15) is 11.8 Å². The van der Waals surface area contributed by atoms with E-state index in [1.807, 2.05) is 17.0 Å². The van der Waals surface area contributed by atoms with Gasteiger partial charge in [0.25, 0.3) is 17.7 Å². The maximum absolute atomic E-state index is 13.2. The first kappa shape index (κ1) is 34.5. The Labute approximate surface area is 290 Å². The summed E-state index contributed by atoms with van der Waals surface area (Å²) in [6.45, 7) is 3.00. The van der Waals surface area contributed by atoms with Crippen LogP contribution in [0.2, 0.25) is 0 Å². The van der Waals surface area contributed by atoms with E-state index >= 15 is 0 Å². The van der Waals surface area contributed by atoms with Crippen LogP contribution in [-0.4, -0.2) is 95.5 Å². The van der Waals surface area contributed by atoms with Crippen molar-refractivity contribution in [3.8, 4) is 5.75 Å². The summed E-state index contributed by atoms with van der Waals surface area (Å²) in [7, 11) is 0. The van der Waals surface area contributed by atoms with E-state index in [0.717, 1.165) is 30.8 Å². The predicted molar refractivity (Wildman–Crippen MR) is 183 cm³/mol. The first-order valence-corrected chi connectivity index (χ1v) is 17.2. The SMILES string of the molecule is O=C(COc1cccc2c1C(=O)N(C1CCC(=O)NC1=O)C2=O)NCCCCCC(=O)N1CCN(C(c2ccccc2)c2ccccc2)CC1. The molecule has 12 heteroatoms. The smallest absolute Gasteiger partial charge is 0.266 e. The number of amides is 6. The molecule has 3 aromatic carbocycles. The molecule has 2 saturated heterocycles. The number of carbonyl (C=O) groups is 6. The Morgan fingerprint density at radius 3 is 2.14 bits per heavy atom. The number of carbonyl (C=O) groups excluding carboxylic acids is 6. The summed E-state index contributed by atoms with van der Waals surface area (Å²) in [5.41, 5.74) is 2.56. The lowest BCUT2D eigenvalue weighted by molar-refractivity contribution is -0.136. The number of hydrogen-bond acceptors (Lipinski definition) is 8. The lowest BCUT2D eigenvalue weighted by Gasteiger charge is -2.40. The second-order valence-corrected chi connectivity index (χ2v) is 12.7. The minimum atomic E-state index is -1.09. The fourth-order valence-electron chi connectivity index (χ4n) is 6.88. The summed E-state index contributed by atoms with van der Waals surface area (Å²) in [5, 5.41) is 4.96. The zero-order chi connectivity index (χ0) is 35.0. The molecule has 0 aromatic heterocycles. The molecular weight excluding hydrogens is 638 g/mol. The highest BCUT2D eigenvalue weighted by Gasteiger charge is 2.46. The van der Waals surface area contributed by atoms with Gasteiger partial charge in [-0.2, -0.15) is 0 Å². The van der Waals surface area contributed by atoms with Crippen LogP contribution in [0.25, 0.3) is 0 Å². The van der Waals surface area contributed by atoms with Gasteiger partial charge >= 0.3 is 0 Å². The van der Waals surface area contributed by atoms with Crippen LogP contribution in [0.4, 0.5) is 0 Å². The first-order valence-electron chi connectivity index (χ1n) is 17.2. The summed E-state index contributed by atoms with van der Waals surface area (Å²) >= 11 is 0. The Kier molecular flexibility index (Phi) is 11.0. The third kappa shape index (κ3) is 7.76. The van der Waals surface area contributed by atoms with Crippen LogP contribution in [0.3, 0.4) is 0 Å². The van der Waals surface area contributed by atoms with Crippen LogP contribution in [0, 0.1) is 0 Å². The molecule has 6 amide bonds. The molecule has 6 rings (SSSR count). The molecular formula is C38H41N5O7. The molecule has 3 aliphatic rings. The van der Waals surface area contributed by atoms with Crippen molar-refractivity contribution in [3.05, 3.63) is 101 Å². The van der Waals surface area contributed by atoms with E-state index in [0.29, 0.717) is 32.5 Å². The molecule has 3 aromatic rings. The third-order valence-corrected chi connectivity index (χ3v) is 9.44. The molecule has 0 spiro atoms. The van der Waals surface area contributed by atoms with Crippen molar-refractivity contribution < 1.29 is 33.5 Å². The maximum Gasteiger partial charge on any atom is 0.266 e. The Balaban J connectivity index is 0.895. The van der Waals surface area contributed by atoms with Crippen molar-refractivity contribution >= 4 is 35.4 Å². The second kappa shape index (κ2) is 15.9. The Morgan fingerprint density at radius 2 is 1.48 bits per heavy atom. The fraction of sp³-hybridized carbons (Fsp3) is 0.368. The van der Waals surface area contributed by atoms with E-state index in [2.05, 4.69) is 64.1 Å². The van der Waals surface area contributed by atoms with E-state index in [9.17, 15) is 28.8 Å². The Hall–Kier alpha value is -5.36. The number of piperidine rings is 1. The van der Waals surface area contributed by atoms with Gasteiger partial charge in [0.15, 0.2) is 6.61 Å². The molecule has 0 radical (unpaired) electrons. The Morgan fingerprint density at radius 1 is 0.800 bits per heavy atom. The zero-order valence-corrected chi connectivity index (χ0v) is 27.8. The van der Waals surface area contributed by atoms with Gasteiger partial charge in [0.05, 0.1) is 17.2 Å². The minimum absolute atomic E-state index is 0.00622. The second-order valence-electron chi connectivity index (χ2n) is 12.7. The van der Waals surface area contributed by atoms with Crippen molar-refractivity contribution in [1.82, 2.24) is 25.3 Å². The number of unbranched alkanes of at least 4 members (excludes halogenated alkanes) is 2. The molecule has 0 bridgehead atoms. The molecule has 1 unspecified atom stereocenters. The number of nitrogens with zero attached hydrogens (tertiary/aromatic N) is 3. The van der Waals surface area contributed by atoms with E-state index < -0.39 is 29.7 Å². The summed E-state index contributed by atoms with van der Waals surface area (Å²) in [4.78, 5) is 80.8. The predicted octanol–water partition coefficient (Wildman–Crippen LogP) is 3.08. The van der Waals surface area contributed by atoms with Gasteiger partial charge in [-0.25, -0.2) is 0 Å². The summed E-state index contributed by atoms with van der Waals surface area (Å²) in [6.07, 6.45) is 2.71. The number of nitrogens with one attached hydrogen (secondary N) is 2. The summed E-state index contributed by atoms with van der Waals surface area (Å²) in [6, 6.07) is 24.5. The number of fused-ring (bicyclic) bond motifs is 1. The zero-order valence-electron chi connectivity index (χ0n) is 27.8. The van der Waals surface area contributed by atoms with Crippen LogP contribution >= 0.6 is 0 Å². The van der Waals surface area contributed by atoms with Gasteiger partial charge in [-0.1, -0.05) is 73.2 Å². The molecule has 12 nitrogen and oxygen atoms in total. The maximum atomic E-state index is 13.2. The van der Waals surface area contributed by atoms with Crippen molar-refractivity contribution in [2.75, 3.05) is 39.3 Å². The van der Waals surface area contributed by atoms with Crippen molar-refractivity contribution in [3.63, 3.8) is 0 Å². The van der Waals surface area contributed by atoms with Crippen LogP contribution in [0.15, 0.2) is 78.9 Å². The van der Waals surface area contributed by atoms with Crippen molar-refractivity contribution in [1.29, 1.82) is 0 Å². The molecule has 1 atom stereocenters. The monoisotopic (exact) mass is 679 g/mol. The highest BCUT2D eigenvalue weighted by molar-refractivity contribution is 6.24. The topological polar surface area (TPSA) is 145 Å². The third-order valence-electron chi connectivity index (χ3n) is 9.44. The molecule has 260 valence electrons. The van der Waals surface area contributed by atoms with Crippen LogP contribution in [0.1, 0.15) is 76.4 Å². The minimum Gasteiger partial charge on any atom is -0.483 e. The number of imide groups is 2. The molecule has 3 heterocycles. The number of hydrogen-bond donors (Lipinski definition) is 2. The number of benzene rings is 3. The average molecular weight is 680 g/mol. The van der Waals surface area contributed by atoms with Crippen molar-refractivity contribution in [2.45, 2.75) is 50.6 Å². The molecule has 2 N–H and O–H groups in total. The normalized spacial score (nSPS) is 17.9. The van der Waals surface area contributed by atoms with E-state index in [1.54, 1.807) is 6.07 Å². The number of ether oxygens (including phenoxy) is 1. The van der Waals surface area contributed by atoms with E-state index in [-0.39, 0.29) is 54.2 Å². The van der Waals surface area contributed by atoms with Crippen molar-refractivity contribution in [2.24, 2.45) is 0 Å². The highest BCUT2D eigenvalue weighted by atomic mass is 16.5. The van der Waals surface area contributed by atoms with Crippen LogP contribution in [0.5, 0.6) is 5.75 Å². The van der Waals surface area contributed by atoms with E-state index in [4.69, 9.17) is 4.74 Å². The van der Waals surface area contributed by atoms with Gasteiger partial charge in [-0.15, -0.1) is 0 Å². The standard InChI is InChI=1S/C38H41N5O7/c44-31-19-18-29(36(47)40-31)43-37(48)28-15-10-16-30(34(28)38(43)49)50-25-32(45)39-20-9-3-8-17-33(46)41-21-23-42(24-22-41)35(26-11-4-1-5-12-26)27-13-6-2-7-14-27/h1-2,4-7,10-16,29,35H,3,8-9,17-25H2,(H,39,45)(H,40,44,47). The molecule has 0 saturated carbocycles. The van der Waals surface area contributed by atoms with E-state index in [1.165, 1.54) is 23.3 Å². The largest absolute Gasteiger partial charge is 0.483 e. The van der Waals surface area contributed by atoms with Gasteiger partial charge in [-0.05, 0) is 42.5 Å². The van der Waals surface area contributed by atoms with Crippen LogP contribution in [-0.2, 0) is 19.2 Å². The quantitative estimate of drug-likeness (QED) is 0.207. The summed E-state index contributed by atoms with van der Waals surface area (Å²) in [5.74, 6) is -2.66. The molecule has 0 aliphatic carbocycles. The highest BCUT2D eigenvalue weighted by Crippen LogP contribution is 2.34. The summed E-state index contributed by atoms with van der Waals surface area (Å²) < 4.78 is 5.64. The lowest BCUT2D eigenvalue weighted by atomic mass is 9.96. The lowest BCUT2D eigenvalue weighted by Crippen LogP contribution is -2.54. The molecule has 3 aliphatic heterocycles. The van der Waals surface area contributed by atoms with Gasteiger partial charge < -0.3 is 15.0 Å². The van der Waals surface area contributed by atoms with Gasteiger partial charge in [-0.3, -0.25) is 43.9 Å². The Bertz CT molecular complexity index is 1700. The average Bonchev–Trinajstić information content (AvgIpc) is 3.39. The number of rotatable bonds is 13. The molecule has 50 heavy (non-hydrogen) atoms. The first-order chi connectivity index (χ1) is 24.3. The van der Waals surface area contributed by atoms with Crippen LogP contribution < -0.4 is 15.4 Å². The fourth-order valence-corrected chi connectivity index (χ4v) is 6.88. The number of piperazine rings is 1. The van der Waals surface area contributed by atoms with Gasteiger partial charge in [0.2, 0.25) is 17.7 Å².